The maximum Gasteiger partial charge on any atom is 0.234 e. The van der Waals surface area contributed by atoms with Crippen molar-refractivity contribution >= 4 is 11.8 Å². The molecule has 1 saturated carbocycles. The van der Waals surface area contributed by atoms with Gasteiger partial charge in [-0.05, 0) is 18.8 Å². The Hall–Kier alpha value is -1.18. The smallest absolute Gasteiger partial charge is 0.234 e. The molecule has 2 amide bonds. The second-order valence-corrected chi connectivity index (χ2v) is 7.49. The highest BCUT2D eigenvalue weighted by Crippen LogP contribution is 2.23. The summed E-state index contributed by atoms with van der Waals surface area (Å²) in [6.07, 6.45) is 4.78. The van der Waals surface area contributed by atoms with Gasteiger partial charge in [0.05, 0.1) is 19.1 Å². The Labute approximate surface area is 151 Å². The van der Waals surface area contributed by atoms with Gasteiger partial charge in [-0.25, -0.2) is 0 Å². The van der Waals surface area contributed by atoms with Gasteiger partial charge in [-0.15, -0.1) is 0 Å². The highest BCUT2D eigenvalue weighted by atomic mass is 16.5. The second kappa shape index (κ2) is 10.1. The molecule has 0 spiro atoms. The summed E-state index contributed by atoms with van der Waals surface area (Å²) in [6.45, 7) is 5.83. The molecule has 25 heavy (non-hydrogen) atoms. The zero-order valence-electron chi connectivity index (χ0n) is 15.7. The van der Waals surface area contributed by atoms with E-state index in [4.69, 9.17) is 10.5 Å². The van der Waals surface area contributed by atoms with E-state index in [2.05, 4.69) is 17.1 Å². The first-order valence-corrected chi connectivity index (χ1v) is 9.54. The molecular formula is C18H34N4O3. The van der Waals surface area contributed by atoms with Crippen molar-refractivity contribution in [2.45, 2.75) is 51.2 Å². The highest BCUT2D eigenvalue weighted by molar-refractivity contribution is 5.78. The van der Waals surface area contributed by atoms with E-state index in [0.29, 0.717) is 44.6 Å². The fraction of sp³-hybridized carbons (Fsp3) is 0.889. The Morgan fingerprint density at radius 3 is 2.56 bits per heavy atom. The first-order valence-electron chi connectivity index (χ1n) is 9.54. The average molecular weight is 354 g/mol. The van der Waals surface area contributed by atoms with Crippen molar-refractivity contribution in [2.75, 3.05) is 46.4 Å². The van der Waals surface area contributed by atoms with Crippen molar-refractivity contribution in [3.63, 3.8) is 0 Å². The molecule has 3 unspecified atom stereocenters. The number of ether oxygens (including phenoxy) is 1. The lowest BCUT2D eigenvalue weighted by Crippen LogP contribution is -2.52. The number of rotatable bonds is 7. The van der Waals surface area contributed by atoms with E-state index in [1.807, 2.05) is 4.90 Å². The van der Waals surface area contributed by atoms with Gasteiger partial charge in [0.2, 0.25) is 11.8 Å². The molecule has 3 atom stereocenters. The number of nitrogens with two attached hydrogens (primary N) is 1. The Morgan fingerprint density at radius 2 is 1.96 bits per heavy atom. The van der Waals surface area contributed by atoms with Gasteiger partial charge < -0.3 is 20.7 Å². The van der Waals surface area contributed by atoms with Crippen molar-refractivity contribution in [3.8, 4) is 0 Å². The van der Waals surface area contributed by atoms with E-state index in [9.17, 15) is 9.59 Å². The Morgan fingerprint density at radius 1 is 1.24 bits per heavy atom. The van der Waals surface area contributed by atoms with Gasteiger partial charge in [0.15, 0.2) is 0 Å². The largest absolute Gasteiger partial charge is 0.380 e. The summed E-state index contributed by atoms with van der Waals surface area (Å²) in [7, 11) is 1.58. The number of carbonyl (C=O) groups excluding carboxylic acids is 2. The van der Waals surface area contributed by atoms with Crippen LogP contribution >= 0.6 is 0 Å². The van der Waals surface area contributed by atoms with Crippen LogP contribution in [0.25, 0.3) is 0 Å². The van der Waals surface area contributed by atoms with Gasteiger partial charge in [-0.2, -0.15) is 0 Å². The molecule has 1 aliphatic carbocycles. The standard InChI is InChI=1S/C18H34N4O3/c1-14-4-3-5-15(10-14)20-17(23)13-21-6-8-22(9-7-21)18(24)11-16(12-19)25-2/h14-16H,3-13,19H2,1-2H3,(H,20,23). The number of carbonyl (C=O) groups is 2. The van der Waals surface area contributed by atoms with Gasteiger partial charge in [0.1, 0.15) is 0 Å². The molecule has 0 aromatic rings. The van der Waals surface area contributed by atoms with Crippen molar-refractivity contribution in [2.24, 2.45) is 11.7 Å². The molecule has 2 rings (SSSR count). The molecule has 1 aliphatic heterocycles. The van der Waals surface area contributed by atoms with Crippen molar-refractivity contribution < 1.29 is 14.3 Å². The van der Waals surface area contributed by atoms with E-state index in [-0.39, 0.29) is 17.9 Å². The zero-order chi connectivity index (χ0) is 18.2. The summed E-state index contributed by atoms with van der Waals surface area (Å²) in [5.41, 5.74) is 5.57. The molecule has 2 fully saturated rings. The van der Waals surface area contributed by atoms with E-state index >= 15 is 0 Å². The second-order valence-electron chi connectivity index (χ2n) is 7.49. The van der Waals surface area contributed by atoms with Crippen LogP contribution in [0, 0.1) is 5.92 Å². The summed E-state index contributed by atoms with van der Waals surface area (Å²) in [4.78, 5) is 28.5. The summed E-state index contributed by atoms with van der Waals surface area (Å²) in [5.74, 6) is 0.900. The van der Waals surface area contributed by atoms with Crippen LogP contribution in [0.4, 0.5) is 0 Å². The monoisotopic (exact) mass is 354 g/mol. The minimum Gasteiger partial charge on any atom is -0.380 e. The van der Waals surface area contributed by atoms with Crippen LogP contribution < -0.4 is 11.1 Å². The maximum absolute atomic E-state index is 12.3. The third kappa shape index (κ3) is 6.56. The summed E-state index contributed by atoms with van der Waals surface area (Å²) in [5, 5.41) is 3.18. The fourth-order valence-electron chi connectivity index (χ4n) is 3.78. The number of hydrogen-bond acceptors (Lipinski definition) is 5. The lowest BCUT2D eigenvalue weighted by molar-refractivity contribution is -0.135. The molecule has 7 heteroatoms. The van der Waals surface area contributed by atoms with Gasteiger partial charge in [0.25, 0.3) is 0 Å². The number of amides is 2. The number of nitrogens with one attached hydrogen (secondary N) is 1. The van der Waals surface area contributed by atoms with E-state index in [1.54, 1.807) is 7.11 Å². The van der Waals surface area contributed by atoms with E-state index < -0.39 is 0 Å². The molecule has 0 radical (unpaired) electrons. The minimum atomic E-state index is -0.214. The third-order valence-electron chi connectivity index (χ3n) is 5.39. The number of methoxy groups -OCH3 is 1. The molecule has 3 N–H and O–H groups in total. The molecule has 0 aromatic heterocycles. The number of nitrogens with zero attached hydrogens (tertiary/aromatic N) is 2. The first kappa shape index (κ1) is 20.1. The van der Waals surface area contributed by atoms with Gasteiger partial charge >= 0.3 is 0 Å². The molecule has 1 heterocycles. The van der Waals surface area contributed by atoms with Crippen molar-refractivity contribution in [3.05, 3.63) is 0 Å². The minimum absolute atomic E-state index is 0.0811. The summed E-state index contributed by atoms with van der Waals surface area (Å²) < 4.78 is 5.18. The van der Waals surface area contributed by atoms with Crippen LogP contribution in [-0.2, 0) is 14.3 Å². The van der Waals surface area contributed by atoms with E-state index in [1.165, 1.54) is 12.8 Å². The van der Waals surface area contributed by atoms with Crippen molar-refractivity contribution in [1.29, 1.82) is 0 Å². The topological polar surface area (TPSA) is 87.9 Å². The molecule has 7 nitrogen and oxygen atoms in total. The van der Waals surface area contributed by atoms with Crippen LogP contribution in [0.1, 0.15) is 39.0 Å². The van der Waals surface area contributed by atoms with Gasteiger partial charge in [-0.1, -0.05) is 19.8 Å². The Bertz CT molecular complexity index is 434. The zero-order valence-corrected chi connectivity index (χ0v) is 15.7. The number of hydrogen-bond donors (Lipinski definition) is 2. The van der Waals surface area contributed by atoms with Gasteiger partial charge in [-0.3, -0.25) is 14.5 Å². The molecule has 0 aromatic carbocycles. The molecule has 0 bridgehead atoms. The predicted octanol–water partition coefficient (Wildman–Crippen LogP) is 0.189. The van der Waals surface area contributed by atoms with Crippen LogP contribution in [0.2, 0.25) is 0 Å². The molecular weight excluding hydrogens is 320 g/mol. The number of piperazine rings is 1. The molecule has 1 saturated heterocycles. The fourth-order valence-corrected chi connectivity index (χ4v) is 3.78. The van der Waals surface area contributed by atoms with Crippen molar-refractivity contribution in [1.82, 2.24) is 15.1 Å². The van der Waals surface area contributed by atoms with Crippen LogP contribution in [-0.4, -0.2) is 80.1 Å². The lowest BCUT2D eigenvalue weighted by Gasteiger charge is -2.35. The third-order valence-corrected chi connectivity index (χ3v) is 5.39. The quantitative estimate of drug-likeness (QED) is 0.681. The first-order chi connectivity index (χ1) is 12.0. The Balaban J connectivity index is 1.67. The predicted molar refractivity (Wildman–Crippen MR) is 97.1 cm³/mol. The molecule has 2 aliphatic rings. The highest BCUT2D eigenvalue weighted by Gasteiger charge is 2.25. The lowest BCUT2D eigenvalue weighted by atomic mass is 9.87. The van der Waals surface area contributed by atoms with Crippen LogP contribution in [0.5, 0.6) is 0 Å². The average Bonchev–Trinajstić information content (AvgIpc) is 2.60. The molecule has 144 valence electrons. The Kier molecular flexibility index (Phi) is 8.12. The summed E-state index contributed by atoms with van der Waals surface area (Å²) >= 11 is 0. The van der Waals surface area contributed by atoms with Crippen LogP contribution in [0.3, 0.4) is 0 Å². The summed E-state index contributed by atoms with van der Waals surface area (Å²) in [6, 6.07) is 0.335. The SMILES string of the molecule is COC(CN)CC(=O)N1CCN(CC(=O)NC2CCCC(C)C2)CC1. The van der Waals surface area contributed by atoms with Gasteiger partial charge in [0, 0.05) is 45.9 Å². The van der Waals surface area contributed by atoms with E-state index in [0.717, 1.165) is 25.9 Å². The normalized spacial score (nSPS) is 26.3. The maximum atomic E-state index is 12.3. The van der Waals surface area contributed by atoms with Crippen LogP contribution in [0.15, 0.2) is 0 Å².